The zero-order valence-electron chi connectivity index (χ0n) is 8.87. The Morgan fingerprint density at radius 1 is 1.53 bits per heavy atom. The van der Waals surface area contributed by atoms with Gasteiger partial charge in [-0.1, -0.05) is 23.7 Å². The maximum atomic E-state index is 6.29. The van der Waals surface area contributed by atoms with Crippen molar-refractivity contribution in [1.82, 2.24) is 0 Å². The van der Waals surface area contributed by atoms with E-state index in [0.717, 1.165) is 10.6 Å². The van der Waals surface area contributed by atoms with E-state index in [4.69, 9.17) is 17.3 Å². The van der Waals surface area contributed by atoms with Gasteiger partial charge in [0, 0.05) is 16.8 Å². The summed E-state index contributed by atoms with van der Waals surface area (Å²) in [7, 11) is 0. The standard InChI is InChI=1S/C12H16ClNS/c1-8(14)9-2-3-11(12(13)6-9)10-4-5-15-7-10/h2-3,6,8,10H,4-5,7,14H2,1H3. The molecule has 0 spiro atoms. The van der Waals surface area contributed by atoms with E-state index in [1.54, 1.807) is 0 Å². The normalized spacial score (nSPS) is 23.0. The average molecular weight is 242 g/mol. The molecule has 82 valence electrons. The first-order valence-corrected chi connectivity index (χ1v) is 6.84. The molecule has 1 aromatic rings. The summed E-state index contributed by atoms with van der Waals surface area (Å²) in [5.74, 6) is 3.11. The minimum atomic E-state index is 0.0644. The molecule has 3 heteroatoms. The molecular weight excluding hydrogens is 226 g/mol. The quantitative estimate of drug-likeness (QED) is 0.857. The molecule has 2 atom stereocenters. The summed E-state index contributed by atoms with van der Waals surface area (Å²) >= 11 is 8.30. The Morgan fingerprint density at radius 2 is 2.33 bits per heavy atom. The van der Waals surface area contributed by atoms with Crippen molar-refractivity contribution in [3.05, 3.63) is 34.3 Å². The second kappa shape index (κ2) is 4.77. The Morgan fingerprint density at radius 3 is 2.87 bits per heavy atom. The number of halogens is 1. The van der Waals surface area contributed by atoms with Gasteiger partial charge in [-0.2, -0.15) is 11.8 Å². The Hall–Kier alpha value is -0.180. The van der Waals surface area contributed by atoms with E-state index in [1.807, 2.05) is 24.8 Å². The van der Waals surface area contributed by atoms with Crippen LogP contribution in [0.25, 0.3) is 0 Å². The highest BCUT2D eigenvalue weighted by Gasteiger charge is 2.20. The molecule has 1 nitrogen and oxygen atoms in total. The van der Waals surface area contributed by atoms with Crippen LogP contribution in [-0.2, 0) is 0 Å². The van der Waals surface area contributed by atoms with Crippen LogP contribution in [-0.4, -0.2) is 11.5 Å². The van der Waals surface area contributed by atoms with Gasteiger partial charge in [0.05, 0.1) is 0 Å². The second-order valence-corrected chi connectivity index (χ2v) is 5.69. The summed E-state index contributed by atoms with van der Waals surface area (Å²) in [5.41, 5.74) is 8.24. The number of nitrogens with two attached hydrogens (primary N) is 1. The fraction of sp³-hybridized carbons (Fsp3) is 0.500. The van der Waals surface area contributed by atoms with E-state index >= 15 is 0 Å². The maximum Gasteiger partial charge on any atom is 0.0444 e. The number of rotatable bonds is 2. The van der Waals surface area contributed by atoms with Crippen LogP contribution >= 0.6 is 23.4 Å². The molecular formula is C12H16ClNS. The molecule has 2 N–H and O–H groups in total. The van der Waals surface area contributed by atoms with Gasteiger partial charge in [0.1, 0.15) is 0 Å². The molecule has 2 rings (SSSR count). The van der Waals surface area contributed by atoms with Gasteiger partial charge >= 0.3 is 0 Å². The molecule has 1 aliphatic rings. The average Bonchev–Trinajstić information content (AvgIpc) is 2.70. The smallest absolute Gasteiger partial charge is 0.0444 e. The molecule has 0 saturated carbocycles. The predicted molar refractivity (Wildman–Crippen MR) is 68.7 cm³/mol. The van der Waals surface area contributed by atoms with Crippen LogP contribution in [0.5, 0.6) is 0 Å². The van der Waals surface area contributed by atoms with Gasteiger partial charge in [-0.25, -0.2) is 0 Å². The van der Waals surface area contributed by atoms with E-state index in [0.29, 0.717) is 5.92 Å². The Bertz CT molecular complexity index is 345. The highest BCUT2D eigenvalue weighted by Crippen LogP contribution is 2.36. The molecule has 0 radical (unpaired) electrons. The third-order valence-corrected chi connectivity index (χ3v) is 4.41. The van der Waals surface area contributed by atoms with Crippen LogP contribution in [0.4, 0.5) is 0 Å². The van der Waals surface area contributed by atoms with Gasteiger partial charge in [-0.3, -0.25) is 0 Å². The van der Waals surface area contributed by atoms with Crippen LogP contribution in [0.1, 0.15) is 36.4 Å². The summed E-state index contributed by atoms with van der Waals surface area (Å²) < 4.78 is 0. The van der Waals surface area contributed by atoms with Crippen molar-refractivity contribution in [2.75, 3.05) is 11.5 Å². The van der Waals surface area contributed by atoms with Crippen molar-refractivity contribution in [3.63, 3.8) is 0 Å². The minimum Gasteiger partial charge on any atom is -0.324 e. The van der Waals surface area contributed by atoms with Gasteiger partial charge in [-0.05, 0) is 42.2 Å². The van der Waals surface area contributed by atoms with Gasteiger partial charge in [0.25, 0.3) is 0 Å². The van der Waals surface area contributed by atoms with Crippen molar-refractivity contribution in [2.45, 2.75) is 25.3 Å². The molecule has 15 heavy (non-hydrogen) atoms. The van der Waals surface area contributed by atoms with Crippen LogP contribution < -0.4 is 5.73 Å². The van der Waals surface area contributed by atoms with Crippen LogP contribution in [0, 0.1) is 0 Å². The van der Waals surface area contributed by atoms with Gasteiger partial charge in [-0.15, -0.1) is 0 Å². The number of hydrogen-bond acceptors (Lipinski definition) is 2. The SMILES string of the molecule is CC(N)c1ccc(C2CCSC2)c(Cl)c1. The highest BCUT2D eigenvalue weighted by molar-refractivity contribution is 7.99. The Labute approximate surface area is 100 Å². The van der Waals surface area contributed by atoms with Crippen molar-refractivity contribution in [2.24, 2.45) is 5.73 Å². The van der Waals surface area contributed by atoms with Crippen molar-refractivity contribution < 1.29 is 0 Å². The Balaban J connectivity index is 2.25. The largest absolute Gasteiger partial charge is 0.324 e. The van der Waals surface area contributed by atoms with Crippen molar-refractivity contribution >= 4 is 23.4 Å². The fourth-order valence-electron chi connectivity index (χ4n) is 1.94. The lowest BCUT2D eigenvalue weighted by molar-refractivity contribution is 0.775. The van der Waals surface area contributed by atoms with Crippen molar-refractivity contribution in [3.8, 4) is 0 Å². The molecule has 0 amide bonds. The van der Waals surface area contributed by atoms with Crippen LogP contribution in [0.3, 0.4) is 0 Å². The lowest BCUT2D eigenvalue weighted by Crippen LogP contribution is -2.06. The zero-order chi connectivity index (χ0) is 10.8. The number of benzene rings is 1. The second-order valence-electron chi connectivity index (χ2n) is 4.13. The third-order valence-electron chi connectivity index (χ3n) is 2.92. The molecule has 2 unspecified atom stereocenters. The van der Waals surface area contributed by atoms with Crippen LogP contribution in [0.15, 0.2) is 18.2 Å². The molecule has 1 fully saturated rings. The highest BCUT2D eigenvalue weighted by atomic mass is 35.5. The molecule has 1 heterocycles. The topological polar surface area (TPSA) is 26.0 Å². The number of thioether (sulfide) groups is 1. The van der Waals surface area contributed by atoms with Gasteiger partial charge in [0.2, 0.25) is 0 Å². The predicted octanol–water partition coefficient (Wildman–Crippen LogP) is 3.58. The monoisotopic (exact) mass is 241 g/mol. The molecule has 0 bridgehead atoms. The Kier molecular flexibility index (Phi) is 3.60. The molecule has 1 aliphatic heterocycles. The molecule has 0 aliphatic carbocycles. The fourth-order valence-corrected chi connectivity index (χ4v) is 3.53. The summed E-state index contributed by atoms with van der Waals surface area (Å²) in [4.78, 5) is 0. The van der Waals surface area contributed by atoms with Crippen LogP contribution in [0.2, 0.25) is 5.02 Å². The van der Waals surface area contributed by atoms with E-state index in [2.05, 4.69) is 12.1 Å². The molecule has 1 aromatic carbocycles. The van der Waals surface area contributed by atoms with Gasteiger partial charge in [0.15, 0.2) is 0 Å². The maximum absolute atomic E-state index is 6.29. The molecule has 1 saturated heterocycles. The zero-order valence-corrected chi connectivity index (χ0v) is 10.4. The number of hydrogen-bond donors (Lipinski definition) is 1. The van der Waals surface area contributed by atoms with Gasteiger partial charge < -0.3 is 5.73 Å². The first-order valence-electron chi connectivity index (χ1n) is 5.31. The summed E-state index contributed by atoms with van der Waals surface area (Å²) in [6.07, 6.45) is 1.25. The molecule has 0 aromatic heterocycles. The first kappa shape index (κ1) is 11.3. The lowest BCUT2D eigenvalue weighted by Gasteiger charge is -2.13. The summed E-state index contributed by atoms with van der Waals surface area (Å²) in [5, 5.41) is 0.886. The summed E-state index contributed by atoms with van der Waals surface area (Å²) in [6, 6.07) is 6.34. The minimum absolute atomic E-state index is 0.0644. The van der Waals surface area contributed by atoms with E-state index in [9.17, 15) is 0 Å². The third kappa shape index (κ3) is 2.49. The van der Waals surface area contributed by atoms with E-state index in [1.165, 1.54) is 23.5 Å². The van der Waals surface area contributed by atoms with E-state index in [-0.39, 0.29) is 6.04 Å². The lowest BCUT2D eigenvalue weighted by atomic mass is 9.96. The first-order chi connectivity index (χ1) is 7.18. The van der Waals surface area contributed by atoms with Crippen molar-refractivity contribution in [1.29, 1.82) is 0 Å². The van der Waals surface area contributed by atoms with E-state index < -0.39 is 0 Å². The summed E-state index contributed by atoms with van der Waals surface area (Å²) in [6.45, 7) is 1.98.